The molecule has 0 aromatic carbocycles. The number of aromatic nitrogens is 1. The topological polar surface area (TPSA) is 80.0 Å². The molecule has 18 heavy (non-hydrogen) atoms. The highest BCUT2D eigenvalue weighted by Gasteiger charge is 2.24. The number of hydrogen-bond donors (Lipinski definition) is 3. The van der Waals surface area contributed by atoms with E-state index in [0.29, 0.717) is 11.4 Å². The first-order chi connectivity index (χ1) is 8.45. The smallest absolute Gasteiger partial charge is 0.255 e. The Hall–Kier alpha value is -1.14. The maximum absolute atomic E-state index is 12.2. The van der Waals surface area contributed by atoms with Crippen LogP contribution in [0.5, 0.6) is 0 Å². The monoisotopic (exact) mass is 314 g/mol. The molecular weight excluding hydrogens is 296 g/mol. The lowest BCUT2D eigenvalue weighted by Crippen LogP contribution is -2.45. The van der Waals surface area contributed by atoms with Crippen LogP contribution in [0.15, 0.2) is 16.7 Å². The molecule has 4 N–H and O–H groups in total. The van der Waals surface area contributed by atoms with Crippen molar-refractivity contribution in [2.75, 3.05) is 5.43 Å². The maximum atomic E-state index is 12.2. The Labute approximate surface area is 116 Å². The molecule has 1 rings (SSSR count). The predicted molar refractivity (Wildman–Crippen MR) is 76.2 cm³/mol. The van der Waals surface area contributed by atoms with E-state index in [-0.39, 0.29) is 11.4 Å². The number of carbonyl (C=O) groups is 1. The highest BCUT2D eigenvalue weighted by molar-refractivity contribution is 9.10. The molecule has 100 valence electrons. The lowest BCUT2D eigenvalue weighted by atomic mass is 9.95. The second-order valence-electron chi connectivity index (χ2n) is 4.42. The van der Waals surface area contributed by atoms with E-state index in [1.807, 2.05) is 20.8 Å². The van der Waals surface area contributed by atoms with Gasteiger partial charge in [-0.1, -0.05) is 13.8 Å². The number of rotatable bonds is 5. The summed E-state index contributed by atoms with van der Waals surface area (Å²) in [5.74, 6) is 5.55. The maximum Gasteiger partial charge on any atom is 0.255 e. The van der Waals surface area contributed by atoms with Gasteiger partial charge in [0, 0.05) is 16.2 Å². The number of nitrogens with one attached hydrogen (secondary N) is 2. The van der Waals surface area contributed by atoms with Gasteiger partial charge in [0.1, 0.15) is 0 Å². The fraction of sp³-hybridized carbons (Fsp3) is 0.500. The summed E-state index contributed by atoms with van der Waals surface area (Å²) in [5, 5.41) is 3.02. The lowest BCUT2D eigenvalue weighted by Gasteiger charge is -2.28. The third kappa shape index (κ3) is 3.43. The van der Waals surface area contributed by atoms with Gasteiger partial charge in [-0.05, 0) is 41.8 Å². The Kier molecular flexibility index (Phi) is 5.10. The van der Waals surface area contributed by atoms with Crippen LogP contribution in [0.2, 0.25) is 0 Å². The fourth-order valence-corrected chi connectivity index (χ4v) is 1.83. The van der Waals surface area contributed by atoms with Crippen LogP contribution in [0.25, 0.3) is 0 Å². The number of nitrogen functional groups attached to an aromatic ring is 1. The van der Waals surface area contributed by atoms with Crippen molar-refractivity contribution in [3.63, 3.8) is 0 Å². The number of pyridine rings is 1. The van der Waals surface area contributed by atoms with Crippen LogP contribution in [-0.4, -0.2) is 16.4 Å². The van der Waals surface area contributed by atoms with Crippen molar-refractivity contribution in [3.05, 3.63) is 22.3 Å². The van der Waals surface area contributed by atoms with E-state index in [4.69, 9.17) is 5.84 Å². The zero-order valence-corrected chi connectivity index (χ0v) is 12.5. The van der Waals surface area contributed by atoms with Crippen LogP contribution >= 0.6 is 15.9 Å². The van der Waals surface area contributed by atoms with Crippen molar-refractivity contribution in [3.8, 4) is 0 Å². The number of nitrogens with zero attached hydrogens (tertiary/aromatic N) is 1. The molecule has 0 aliphatic rings. The first-order valence-corrected chi connectivity index (χ1v) is 6.69. The standard InChI is InChI=1S/C12H19BrN4O/c1-4-12(3,5-2)16-11(18)9-6-8(13)7-15-10(9)17-14/h6-7H,4-5,14H2,1-3H3,(H,15,17)(H,16,18). The van der Waals surface area contributed by atoms with Gasteiger partial charge in [-0.2, -0.15) is 0 Å². The van der Waals surface area contributed by atoms with Gasteiger partial charge in [0.25, 0.3) is 5.91 Å². The summed E-state index contributed by atoms with van der Waals surface area (Å²) in [6.07, 6.45) is 3.31. The minimum absolute atomic E-state index is 0.178. The second kappa shape index (κ2) is 6.15. The van der Waals surface area contributed by atoms with Gasteiger partial charge in [0.2, 0.25) is 0 Å². The van der Waals surface area contributed by atoms with Crippen molar-refractivity contribution in [2.45, 2.75) is 39.2 Å². The molecule has 0 atom stereocenters. The number of halogens is 1. The highest BCUT2D eigenvalue weighted by Crippen LogP contribution is 2.20. The molecule has 0 spiro atoms. The van der Waals surface area contributed by atoms with Gasteiger partial charge in [0.15, 0.2) is 5.82 Å². The molecule has 0 saturated carbocycles. The van der Waals surface area contributed by atoms with E-state index in [1.165, 1.54) is 0 Å². The number of hydrogen-bond acceptors (Lipinski definition) is 4. The average Bonchev–Trinajstić information content (AvgIpc) is 2.38. The summed E-state index contributed by atoms with van der Waals surface area (Å²) in [4.78, 5) is 16.3. The van der Waals surface area contributed by atoms with E-state index in [2.05, 4.69) is 31.7 Å². The third-order valence-electron chi connectivity index (χ3n) is 3.21. The average molecular weight is 315 g/mol. The van der Waals surface area contributed by atoms with Crippen molar-refractivity contribution in [2.24, 2.45) is 5.84 Å². The van der Waals surface area contributed by atoms with Gasteiger partial charge in [-0.25, -0.2) is 10.8 Å². The molecule has 0 bridgehead atoms. The quantitative estimate of drug-likeness (QED) is 0.576. The Morgan fingerprint density at radius 3 is 2.61 bits per heavy atom. The summed E-state index contributed by atoms with van der Waals surface area (Å²) in [6.45, 7) is 6.11. The van der Waals surface area contributed by atoms with Crippen LogP contribution in [0.3, 0.4) is 0 Å². The van der Waals surface area contributed by atoms with E-state index in [9.17, 15) is 4.79 Å². The summed E-state index contributed by atoms with van der Waals surface area (Å²) in [5.41, 5.74) is 2.65. The Balaban J connectivity index is 3.00. The SMILES string of the molecule is CCC(C)(CC)NC(=O)c1cc(Br)cnc1NN. The molecule has 0 aliphatic heterocycles. The predicted octanol–water partition coefficient (Wildman–Crippen LogP) is 2.44. The lowest BCUT2D eigenvalue weighted by molar-refractivity contribution is 0.0901. The van der Waals surface area contributed by atoms with Gasteiger partial charge in [-0.3, -0.25) is 4.79 Å². The summed E-state index contributed by atoms with van der Waals surface area (Å²) in [7, 11) is 0. The Morgan fingerprint density at radius 2 is 2.11 bits per heavy atom. The molecule has 5 nitrogen and oxygen atoms in total. The molecule has 1 aromatic heterocycles. The molecule has 0 aliphatic carbocycles. The largest absolute Gasteiger partial charge is 0.347 e. The summed E-state index contributed by atoms with van der Waals surface area (Å²) >= 11 is 3.30. The van der Waals surface area contributed by atoms with Gasteiger partial charge in [0.05, 0.1) is 5.56 Å². The molecule has 1 amide bonds. The third-order valence-corrected chi connectivity index (χ3v) is 3.65. The minimum atomic E-state index is -0.217. The minimum Gasteiger partial charge on any atom is -0.347 e. The molecule has 1 heterocycles. The number of hydrazine groups is 1. The van der Waals surface area contributed by atoms with Crippen molar-refractivity contribution in [1.29, 1.82) is 0 Å². The van der Waals surface area contributed by atoms with E-state index < -0.39 is 0 Å². The molecule has 0 saturated heterocycles. The zero-order valence-electron chi connectivity index (χ0n) is 10.9. The highest BCUT2D eigenvalue weighted by atomic mass is 79.9. The fourth-order valence-electron chi connectivity index (χ4n) is 1.50. The normalized spacial score (nSPS) is 11.2. The van der Waals surface area contributed by atoms with E-state index in [0.717, 1.165) is 17.3 Å². The van der Waals surface area contributed by atoms with Crippen molar-refractivity contribution in [1.82, 2.24) is 10.3 Å². The van der Waals surface area contributed by atoms with Crippen LogP contribution in [-0.2, 0) is 0 Å². The molecule has 0 fully saturated rings. The number of anilines is 1. The van der Waals surface area contributed by atoms with Crippen LogP contribution in [0.4, 0.5) is 5.82 Å². The first kappa shape index (κ1) is 14.9. The van der Waals surface area contributed by atoms with Crippen molar-refractivity contribution < 1.29 is 4.79 Å². The van der Waals surface area contributed by atoms with Crippen LogP contribution in [0, 0.1) is 0 Å². The summed E-state index contributed by atoms with van der Waals surface area (Å²) in [6, 6.07) is 1.70. The first-order valence-electron chi connectivity index (χ1n) is 5.90. The van der Waals surface area contributed by atoms with Crippen LogP contribution in [0.1, 0.15) is 44.0 Å². The van der Waals surface area contributed by atoms with Crippen LogP contribution < -0.4 is 16.6 Å². The van der Waals surface area contributed by atoms with Gasteiger partial charge >= 0.3 is 0 Å². The molecule has 0 radical (unpaired) electrons. The van der Waals surface area contributed by atoms with Gasteiger partial charge < -0.3 is 10.7 Å². The second-order valence-corrected chi connectivity index (χ2v) is 5.33. The summed E-state index contributed by atoms with van der Waals surface area (Å²) < 4.78 is 0.737. The Bertz CT molecular complexity index is 432. The molecular formula is C12H19BrN4O. The van der Waals surface area contributed by atoms with E-state index in [1.54, 1.807) is 12.3 Å². The molecule has 0 unspecified atom stereocenters. The van der Waals surface area contributed by atoms with E-state index >= 15 is 0 Å². The number of carbonyl (C=O) groups excluding carboxylic acids is 1. The molecule has 1 aromatic rings. The van der Waals surface area contributed by atoms with Gasteiger partial charge in [-0.15, -0.1) is 0 Å². The number of amides is 1. The molecule has 6 heteroatoms. The number of nitrogens with two attached hydrogens (primary N) is 1. The Morgan fingerprint density at radius 1 is 1.50 bits per heavy atom. The van der Waals surface area contributed by atoms with Crippen molar-refractivity contribution >= 4 is 27.7 Å². The zero-order chi connectivity index (χ0) is 13.8.